The van der Waals surface area contributed by atoms with Crippen LogP contribution in [0.5, 0.6) is 0 Å². The molecule has 0 aromatic carbocycles. The summed E-state index contributed by atoms with van der Waals surface area (Å²) in [5, 5.41) is 0. The molecule has 1 radical (unpaired) electrons. The molecule has 6 heavy (non-hydrogen) atoms. The SMILES string of the molecule is [CH2]OS(C)(=O)=O. The number of rotatable bonds is 1. The van der Waals surface area contributed by atoms with Gasteiger partial charge in [0.2, 0.25) is 0 Å². The lowest BCUT2D eigenvalue weighted by molar-refractivity contribution is 0.444. The lowest BCUT2D eigenvalue weighted by Crippen LogP contribution is -1.93. The zero-order valence-corrected chi connectivity index (χ0v) is 4.16. The summed E-state index contributed by atoms with van der Waals surface area (Å²) in [5.41, 5.74) is 0. The molecule has 0 amide bonds. The van der Waals surface area contributed by atoms with E-state index >= 15 is 0 Å². The summed E-state index contributed by atoms with van der Waals surface area (Å²) in [6, 6.07) is 0. The van der Waals surface area contributed by atoms with E-state index in [4.69, 9.17) is 0 Å². The van der Waals surface area contributed by atoms with Gasteiger partial charge in [0, 0.05) is 0 Å². The summed E-state index contributed by atoms with van der Waals surface area (Å²) in [7, 11) is -0.604. The summed E-state index contributed by atoms with van der Waals surface area (Å²) < 4.78 is 23.1. The highest BCUT2D eigenvalue weighted by molar-refractivity contribution is 7.86. The predicted molar refractivity (Wildman–Crippen MR) is 21.3 cm³/mol. The van der Waals surface area contributed by atoms with Gasteiger partial charge < -0.3 is 0 Å². The molecule has 0 fully saturated rings. The van der Waals surface area contributed by atoms with E-state index in [9.17, 15) is 8.42 Å². The average molecular weight is 109 g/mol. The Hall–Kier alpha value is -0.0900. The van der Waals surface area contributed by atoms with Crippen molar-refractivity contribution in [3.63, 3.8) is 0 Å². The molecule has 0 aromatic heterocycles. The molecule has 37 valence electrons. The molecule has 3 nitrogen and oxygen atoms in total. The van der Waals surface area contributed by atoms with Gasteiger partial charge in [0.15, 0.2) is 0 Å². The van der Waals surface area contributed by atoms with Crippen molar-refractivity contribution in [3.8, 4) is 0 Å². The van der Waals surface area contributed by atoms with Crippen LogP contribution in [0, 0.1) is 7.11 Å². The normalized spacial score (nSPS) is 11.7. The van der Waals surface area contributed by atoms with Gasteiger partial charge in [-0.1, -0.05) is 0 Å². The van der Waals surface area contributed by atoms with Gasteiger partial charge in [0.05, 0.1) is 13.4 Å². The van der Waals surface area contributed by atoms with E-state index in [0.29, 0.717) is 0 Å². The highest BCUT2D eigenvalue weighted by atomic mass is 32.2. The molecule has 0 aromatic rings. The molecule has 0 aliphatic carbocycles. The van der Waals surface area contributed by atoms with Gasteiger partial charge in [-0.25, -0.2) is 0 Å². The van der Waals surface area contributed by atoms with Crippen molar-refractivity contribution in [2.45, 2.75) is 0 Å². The standard InChI is InChI=1S/C2H5O3S/c1-5-6(2,3)4/h1H2,2H3. The van der Waals surface area contributed by atoms with Crippen LogP contribution >= 0.6 is 0 Å². The van der Waals surface area contributed by atoms with Gasteiger partial charge >= 0.3 is 0 Å². The summed E-state index contributed by atoms with van der Waals surface area (Å²) in [5.74, 6) is 0. The van der Waals surface area contributed by atoms with Gasteiger partial charge in [-0.05, 0) is 0 Å². The molecule has 4 heteroatoms. The lowest BCUT2D eigenvalue weighted by Gasteiger charge is -1.83. The third-order valence-corrected chi connectivity index (χ3v) is 0.642. The van der Waals surface area contributed by atoms with Gasteiger partial charge in [0.1, 0.15) is 0 Å². The van der Waals surface area contributed by atoms with Gasteiger partial charge in [-0.2, -0.15) is 8.42 Å². The van der Waals surface area contributed by atoms with Crippen LogP contribution in [-0.2, 0) is 14.3 Å². The molecule has 0 saturated carbocycles. The topological polar surface area (TPSA) is 43.4 Å². The highest BCUT2D eigenvalue weighted by Gasteiger charge is 1.90. The van der Waals surface area contributed by atoms with E-state index in [1.807, 2.05) is 0 Å². The first-order valence-electron chi connectivity index (χ1n) is 1.20. The molecule has 0 atom stereocenters. The molecule has 0 heterocycles. The summed E-state index contributed by atoms with van der Waals surface area (Å²) >= 11 is 0. The van der Waals surface area contributed by atoms with Gasteiger partial charge in [0.25, 0.3) is 10.1 Å². The van der Waals surface area contributed by atoms with Crippen molar-refractivity contribution < 1.29 is 12.6 Å². The quantitative estimate of drug-likeness (QED) is 0.436. The van der Waals surface area contributed by atoms with Crippen LogP contribution in [0.2, 0.25) is 0 Å². The van der Waals surface area contributed by atoms with E-state index in [-0.39, 0.29) is 0 Å². The first kappa shape index (κ1) is 5.91. The third kappa shape index (κ3) is 3.91. The second kappa shape index (κ2) is 1.57. The number of hydrogen-bond acceptors (Lipinski definition) is 3. The molecular weight excluding hydrogens is 104 g/mol. The van der Waals surface area contributed by atoms with Gasteiger partial charge in [-0.3, -0.25) is 4.18 Å². The Morgan fingerprint density at radius 2 is 1.83 bits per heavy atom. The zero-order valence-electron chi connectivity index (χ0n) is 3.34. The summed E-state index contributed by atoms with van der Waals surface area (Å²) in [4.78, 5) is 0. The fraction of sp³-hybridized carbons (Fsp3) is 0.500. The molecule has 0 rings (SSSR count). The minimum Gasteiger partial charge on any atom is -0.268 e. The minimum absolute atomic E-state index is 0.931. The van der Waals surface area contributed by atoms with Crippen molar-refractivity contribution in [2.75, 3.05) is 6.26 Å². The maximum Gasteiger partial charge on any atom is 0.264 e. The molecular formula is C2H5O3S. The minimum atomic E-state index is -3.27. The molecule has 0 N–H and O–H groups in total. The largest absolute Gasteiger partial charge is 0.268 e. The predicted octanol–water partition coefficient (Wildman–Crippen LogP) is -0.246. The van der Waals surface area contributed by atoms with Crippen LogP contribution in [0.15, 0.2) is 0 Å². The Morgan fingerprint density at radius 3 is 1.83 bits per heavy atom. The Balaban J connectivity index is 3.85. The fourth-order valence-corrected chi connectivity index (χ4v) is 0. The van der Waals surface area contributed by atoms with Crippen LogP contribution in [0.4, 0.5) is 0 Å². The smallest absolute Gasteiger partial charge is 0.264 e. The number of hydrogen-bond donors (Lipinski definition) is 0. The first-order valence-corrected chi connectivity index (χ1v) is 3.01. The van der Waals surface area contributed by atoms with E-state index in [2.05, 4.69) is 11.3 Å². The van der Waals surface area contributed by atoms with E-state index in [0.717, 1.165) is 6.26 Å². The summed E-state index contributed by atoms with van der Waals surface area (Å²) in [6.07, 6.45) is 0.931. The van der Waals surface area contributed by atoms with E-state index in [1.54, 1.807) is 0 Å². The monoisotopic (exact) mass is 109 g/mol. The maximum absolute atomic E-state index is 9.72. The van der Waals surface area contributed by atoms with E-state index in [1.165, 1.54) is 0 Å². The first-order chi connectivity index (χ1) is 2.56. The Kier molecular flexibility index (Phi) is 1.55. The maximum atomic E-state index is 9.72. The van der Waals surface area contributed by atoms with Gasteiger partial charge in [-0.15, -0.1) is 0 Å². The van der Waals surface area contributed by atoms with Crippen molar-refractivity contribution in [1.29, 1.82) is 0 Å². The third-order valence-electron chi connectivity index (χ3n) is 0.214. The van der Waals surface area contributed by atoms with E-state index < -0.39 is 10.1 Å². The van der Waals surface area contributed by atoms with Crippen molar-refractivity contribution in [1.82, 2.24) is 0 Å². The molecule has 0 bridgehead atoms. The van der Waals surface area contributed by atoms with Crippen LogP contribution < -0.4 is 0 Å². The fourth-order valence-electron chi connectivity index (χ4n) is 0. The molecule has 0 unspecified atom stereocenters. The van der Waals surface area contributed by atoms with Crippen molar-refractivity contribution >= 4 is 10.1 Å². The average Bonchev–Trinajstić information content (AvgIpc) is 1.35. The van der Waals surface area contributed by atoms with Crippen molar-refractivity contribution in [3.05, 3.63) is 7.11 Å². The summed E-state index contributed by atoms with van der Waals surface area (Å²) in [6.45, 7) is 0. The van der Waals surface area contributed by atoms with Crippen LogP contribution in [0.3, 0.4) is 0 Å². The Morgan fingerprint density at radius 1 is 1.67 bits per heavy atom. The Bertz CT molecular complexity index is 111. The Labute approximate surface area is 37.1 Å². The highest BCUT2D eigenvalue weighted by Crippen LogP contribution is 1.78. The molecule has 0 saturated heterocycles. The van der Waals surface area contributed by atoms with Crippen LogP contribution in [0.1, 0.15) is 0 Å². The second-order valence-corrected chi connectivity index (χ2v) is 2.47. The van der Waals surface area contributed by atoms with Crippen LogP contribution in [0.25, 0.3) is 0 Å². The second-order valence-electron chi connectivity index (χ2n) is 0.822. The zero-order chi connectivity index (χ0) is 5.21. The van der Waals surface area contributed by atoms with Crippen LogP contribution in [-0.4, -0.2) is 14.7 Å². The molecule has 0 aliphatic heterocycles. The molecule has 0 aliphatic rings. The lowest BCUT2D eigenvalue weighted by atomic mass is 11.8. The van der Waals surface area contributed by atoms with Crippen molar-refractivity contribution in [2.24, 2.45) is 0 Å². The molecule has 0 spiro atoms.